The van der Waals surface area contributed by atoms with Crippen LogP contribution in [-0.2, 0) is 11.5 Å². The highest BCUT2D eigenvalue weighted by atomic mass is 16.5. The van der Waals surface area contributed by atoms with Crippen LogP contribution in [0.2, 0.25) is 0 Å². The molecule has 0 aliphatic heterocycles. The number of H-pyrrole nitrogens is 1. The van der Waals surface area contributed by atoms with Crippen molar-refractivity contribution in [3.05, 3.63) is 62.8 Å². The van der Waals surface area contributed by atoms with E-state index in [1.807, 2.05) is 0 Å². The number of nitrogens with zero attached hydrogens (tertiary/aromatic N) is 4. The number of rotatable bonds is 5. The Bertz CT molecular complexity index is 1380. The number of aromatic nitrogens is 5. The number of ether oxygens (including phenoxy) is 3. The second-order valence-electron chi connectivity index (χ2n) is 6.10. The Hall–Kier alpha value is -4.28. The van der Waals surface area contributed by atoms with Gasteiger partial charge in [0.05, 0.1) is 30.7 Å². The summed E-state index contributed by atoms with van der Waals surface area (Å²) in [5.74, 6) is 0.0498. The highest BCUT2D eigenvalue weighted by Gasteiger charge is 2.16. The minimum atomic E-state index is -0.629. The summed E-state index contributed by atoms with van der Waals surface area (Å²) in [6.45, 7) is -0.381. The molecular weight excluding hydrogens is 394 g/mol. The fourth-order valence-electron chi connectivity index (χ4n) is 2.88. The second kappa shape index (κ2) is 7.62. The molecule has 0 aliphatic carbocycles. The van der Waals surface area contributed by atoms with Gasteiger partial charge in [0.1, 0.15) is 0 Å². The van der Waals surface area contributed by atoms with Crippen molar-refractivity contribution in [1.82, 2.24) is 25.0 Å². The van der Waals surface area contributed by atoms with Gasteiger partial charge in [-0.15, -0.1) is 15.0 Å². The predicted molar refractivity (Wildman–Crippen MR) is 105 cm³/mol. The van der Waals surface area contributed by atoms with Crippen LogP contribution < -0.4 is 20.5 Å². The van der Waals surface area contributed by atoms with E-state index >= 15 is 0 Å². The van der Waals surface area contributed by atoms with Gasteiger partial charge < -0.3 is 19.2 Å². The van der Waals surface area contributed by atoms with Crippen LogP contribution in [0.15, 0.2) is 46.2 Å². The van der Waals surface area contributed by atoms with E-state index < -0.39 is 17.0 Å². The average Bonchev–Trinajstić information content (AvgIpc) is 3.18. The number of esters is 1. The van der Waals surface area contributed by atoms with Crippen LogP contribution in [0.5, 0.6) is 11.5 Å². The maximum Gasteiger partial charge on any atom is 0.340 e. The molecular formula is C19H15N5O6. The van der Waals surface area contributed by atoms with Crippen molar-refractivity contribution in [1.29, 1.82) is 0 Å². The zero-order valence-electron chi connectivity index (χ0n) is 15.9. The van der Waals surface area contributed by atoms with Crippen LogP contribution in [0, 0.1) is 0 Å². The maximum atomic E-state index is 13.0. The summed E-state index contributed by atoms with van der Waals surface area (Å²) < 4.78 is 15.6. The molecule has 1 aromatic carbocycles. The summed E-state index contributed by atoms with van der Waals surface area (Å²) in [6.07, 6.45) is 2.91. The van der Waals surface area contributed by atoms with Gasteiger partial charge in [0.15, 0.2) is 22.5 Å². The minimum Gasteiger partial charge on any atom is -0.493 e. The topological polar surface area (TPSA) is 138 Å². The molecule has 0 radical (unpaired) electrons. The van der Waals surface area contributed by atoms with Crippen molar-refractivity contribution in [2.75, 3.05) is 14.2 Å². The van der Waals surface area contributed by atoms with E-state index in [1.165, 1.54) is 50.9 Å². The van der Waals surface area contributed by atoms with Gasteiger partial charge in [-0.05, 0) is 18.2 Å². The molecule has 0 saturated heterocycles. The van der Waals surface area contributed by atoms with E-state index in [1.54, 1.807) is 0 Å². The van der Waals surface area contributed by atoms with Crippen LogP contribution in [0.3, 0.4) is 0 Å². The summed E-state index contributed by atoms with van der Waals surface area (Å²) in [7, 11) is 2.88. The summed E-state index contributed by atoms with van der Waals surface area (Å²) in [5, 5.41) is 8.20. The number of carbonyl (C=O) groups is 1. The van der Waals surface area contributed by atoms with Gasteiger partial charge in [-0.3, -0.25) is 14.6 Å². The molecule has 0 fully saturated rings. The molecule has 4 aromatic rings. The van der Waals surface area contributed by atoms with Gasteiger partial charge in [-0.2, -0.15) is 0 Å². The van der Waals surface area contributed by atoms with E-state index in [0.717, 1.165) is 4.80 Å². The SMILES string of the molecule is COc1cc2[nH]c(=O)c3nn(COC(=O)c4ccncc4)nc3c(=O)c2cc1OC. The lowest BCUT2D eigenvalue weighted by atomic mass is 10.2. The van der Waals surface area contributed by atoms with Gasteiger partial charge in [0.25, 0.3) is 5.56 Å². The minimum absolute atomic E-state index is 0.167. The van der Waals surface area contributed by atoms with Crippen LogP contribution in [0.4, 0.5) is 0 Å². The molecule has 0 bridgehead atoms. The van der Waals surface area contributed by atoms with Gasteiger partial charge in [0, 0.05) is 18.5 Å². The van der Waals surface area contributed by atoms with E-state index in [-0.39, 0.29) is 28.7 Å². The number of hydrogen-bond donors (Lipinski definition) is 1. The van der Waals surface area contributed by atoms with Crippen molar-refractivity contribution in [3.8, 4) is 11.5 Å². The summed E-state index contributed by atoms with van der Waals surface area (Å²) in [5.41, 5.74) is -0.977. The summed E-state index contributed by atoms with van der Waals surface area (Å²) >= 11 is 0. The normalized spacial score (nSPS) is 10.9. The van der Waals surface area contributed by atoms with Gasteiger partial charge >= 0.3 is 5.97 Å². The van der Waals surface area contributed by atoms with Crippen LogP contribution in [0.25, 0.3) is 21.9 Å². The van der Waals surface area contributed by atoms with Crippen LogP contribution in [0.1, 0.15) is 10.4 Å². The number of fused-ring (bicyclic) bond motifs is 2. The Morgan fingerprint density at radius 1 is 1.03 bits per heavy atom. The number of hydrogen-bond acceptors (Lipinski definition) is 9. The van der Waals surface area contributed by atoms with Crippen LogP contribution in [-0.4, -0.2) is 45.2 Å². The van der Waals surface area contributed by atoms with Gasteiger partial charge in [-0.25, -0.2) is 4.79 Å². The highest BCUT2D eigenvalue weighted by Crippen LogP contribution is 2.29. The second-order valence-corrected chi connectivity index (χ2v) is 6.10. The molecule has 152 valence electrons. The maximum absolute atomic E-state index is 13.0. The molecule has 0 spiro atoms. The number of benzene rings is 1. The first-order valence-electron chi connectivity index (χ1n) is 8.66. The monoisotopic (exact) mass is 409 g/mol. The Kier molecular flexibility index (Phi) is 4.84. The summed E-state index contributed by atoms with van der Waals surface area (Å²) in [6, 6.07) is 5.92. The Labute approximate surface area is 167 Å². The molecule has 11 nitrogen and oxygen atoms in total. The number of aromatic amines is 1. The third kappa shape index (κ3) is 3.32. The molecule has 0 atom stereocenters. The molecule has 0 aliphatic rings. The third-order valence-electron chi connectivity index (χ3n) is 4.33. The molecule has 30 heavy (non-hydrogen) atoms. The van der Waals surface area contributed by atoms with Crippen LogP contribution >= 0.6 is 0 Å². The average molecular weight is 409 g/mol. The number of nitrogens with one attached hydrogen (secondary N) is 1. The number of carbonyl (C=O) groups excluding carboxylic acids is 1. The lowest BCUT2D eigenvalue weighted by Crippen LogP contribution is -2.13. The molecule has 3 heterocycles. The molecule has 0 unspecified atom stereocenters. The van der Waals surface area contributed by atoms with Gasteiger partial charge in [0.2, 0.25) is 12.2 Å². The van der Waals surface area contributed by atoms with Crippen molar-refractivity contribution >= 4 is 27.9 Å². The van der Waals surface area contributed by atoms with Crippen molar-refractivity contribution in [2.45, 2.75) is 6.73 Å². The smallest absolute Gasteiger partial charge is 0.340 e. The van der Waals surface area contributed by atoms with E-state index in [2.05, 4.69) is 20.2 Å². The third-order valence-corrected chi connectivity index (χ3v) is 4.33. The fourth-order valence-corrected chi connectivity index (χ4v) is 2.88. The Balaban J connectivity index is 1.77. The Morgan fingerprint density at radius 3 is 2.40 bits per heavy atom. The quantitative estimate of drug-likeness (QED) is 0.476. The largest absolute Gasteiger partial charge is 0.493 e. The first kappa shape index (κ1) is 19.1. The van der Waals surface area contributed by atoms with Gasteiger partial charge in [-0.1, -0.05) is 0 Å². The van der Waals surface area contributed by atoms with Crippen molar-refractivity contribution in [3.63, 3.8) is 0 Å². The molecule has 0 amide bonds. The van der Waals surface area contributed by atoms with E-state index in [4.69, 9.17) is 14.2 Å². The number of methoxy groups -OCH3 is 2. The first-order chi connectivity index (χ1) is 14.5. The zero-order chi connectivity index (χ0) is 21.3. The highest BCUT2D eigenvalue weighted by molar-refractivity contribution is 5.89. The molecule has 3 aromatic heterocycles. The predicted octanol–water partition coefficient (Wildman–Crippen LogP) is 0.860. The van der Waals surface area contributed by atoms with E-state index in [0.29, 0.717) is 17.1 Å². The molecule has 1 N–H and O–H groups in total. The Morgan fingerprint density at radius 2 is 1.70 bits per heavy atom. The molecule has 4 rings (SSSR count). The zero-order valence-corrected chi connectivity index (χ0v) is 15.9. The first-order valence-corrected chi connectivity index (χ1v) is 8.66. The fraction of sp³-hybridized carbons (Fsp3) is 0.158. The molecule has 0 saturated carbocycles. The van der Waals surface area contributed by atoms with E-state index in [9.17, 15) is 14.4 Å². The summed E-state index contributed by atoms with van der Waals surface area (Å²) in [4.78, 5) is 45.0. The van der Waals surface area contributed by atoms with Crippen molar-refractivity contribution < 1.29 is 19.0 Å². The number of pyridine rings is 1. The lowest BCUT2D eigenvalue weighted by molar-refractivity contribution is 0.0323. The molecule has 11 heteroatoms. The van der Waals surface area contributed by atoms with Crippen molar-refractivity contribution in [2.24, 2.45) is 0 Å². The lowest BCUT2D eigenvalue weighted by Gasteiger charge is -2.07. The standard InChI is InChI=1S/C19H15N5O6/c1-28-13-7-11-12(8-14(13)29-2)21-18(26)16-15(17(11)25)22-24(23-16)9-30-19(27)10-3-5-20-6-4-10/h3-8H,9H2,1-2H3,(H,21,26).